The first kappa shape index (κ1) is 28.9. The normalized spacial score (nSPS) is 11.8. The van der Waals surface area contributed by atoms with E-state index in [1.54, 1.807) is 6.07 Å². The highest BCUT2D eigenvalue weighted by molar-refractivity contribution is 5.92. The predicted octanol–water partition coefficient (Wildman–Crippen LogP) is 6.12. The molecule has 1 atom stereocenters. The number of carbonyl (C=O) groups is 1. The van der Waals surface area contributed by atoms with Crippen LogP contribution in [0.1, 0.15) is 53.5 Å². The van der Waals surface area contributed by atoms with Crippen molar-refractivity contribution >= 4 is 17.8 Å². The van der Waals surface area contributed by atoms with Gasteiger partial charge in [-0.25, -0.2) is 5.43 Å². The van der Waals surface area contributed by atoms with Crippen molar-refractivity contribution in [2.45, 2.75) is 46.8 Å². The number of nitro groups is 1. The lowest BCUT2D eigenvalue weighted by Crippen LogP contribution is -2.17. The van der Waals surface area contributed by atoms with Gasteiger partial charge in [-0.3, -0.25) is 14.9 Å². The first-order valence-corrected chi connectivity index (χ1v) is 13.0. The van der Waals surface area contributed by atoms with E-state index in [1.807, 2.05) is 38.1 Å². The molecule has 2 heterocycles. The van der Waals surface area contributed by atoms with E-state index in [0.717, 1.165) is 17.1 Å². The molecule has 0 spiro atoms. The maximum Gasteiger partial charge on any atom is 0.315 e. The topological polar surface area (TPSA) is 130 Å². The molecule has 1 amide bonds. The summed E-state index contributed by atoms with van der Waals surface area (Å²) >= 11 is 0. The van der Waals surface area contributed by atoms with E-state index in [9.17, 15) is 14.9 Å². The van der Waals surface area contributed by atoms with Gasteiger partial charge in [-0.1, -0.05) is 6.92 Å². The largest absolute Gasteiger partial charge is 0.493 e. The van der Waals surface area contributed by atoms with Crippen molar-refractivity contribution in [1.29, 1.82) is 0 Å². The van der Waals surface area contributed by atoms with Crippen molar-refractivity contribution in [2.24, 2.45) is 5.10 Å². The summed E-state index contributed by atoms with van der Waals surface area (Å²) in [5.74, 6) is 0.793. The molecule has 0 saturated heterocycles. The molecule has 0 saturated carbocycles. The Balaban J connectivity index is 1.36. The SMILES string of the molecule is CC[C@@H](C)Oc1c(OC)cc(/C=N/NC(=O)c2ccc(COc3ccc(-n4c(C)ccc4C)cc3)o2)cc1[N+](=O)[O-]. The monoisotopic (exact) mass is 560 g/mol. The number of aryl methyl sites for hydroxylation is 2. The zero-order chi connectivity index (χ0) is 29.5. The van der Waals surface area contributed by atoms with Gasteiger partial charge in [-0.15, -0.1) is 0 Å². The number of hydrogen-bond acceptors (Lipinski definition) is 8. The van der Waals surface area contributed by atoms with Crippen LogP contribution < -0.4 is 19.6 Å². The Hall–Kier alpha value is -5.06. The number of amides is 1. The number of carbonyl (C=O) groups excluding carboxylic acids is 1. The summed E-state index contributed by atoms with van der Waals surface area (Å²) < 4.78 is 24.6. The number of ether oxygens (including phenoxy) is 3. The Morgan fingerprint density at radius 1 is 1.12 bits per heavy atom. The third kappa shape index (κ3) is 6.93. The van der Waals surface area contributed by atoms with Crippen LogP contribution in [0.5, 0.6) is 17.2 Å². The number of nitrogens with one attached hydrogen (secondary N) is 1. The van der Waals surface area contributed by atoms with E-state index in [1.165, 1.54) is 31.5 Å². The fourth-order valence-electron chi connectivity index (χ4n) is 4.09. The van der Waals surface area contributed by atoms with Crippen LogP contribution in [0, 0.1) is 24.0 Å². The molecule has 11 nitrogen and oxygen atoms in total. The number of methoxy groups -OCH3 is 1. The third-order valence-corrected chi connectivity index (χ3v) is 6.38. The van der Waals surface area contributed by atoms with Crippen molar-refractivity contribution in [3.63, 3.8) is 0 Å². The Morgan fingerprint density at radius 2 is 1.83 bits per heavy atom. The average molecular weight is 561 g/mol. The summed E-state index contributed by atoms with van der Waals surface area (Å²) in [5.41, 5.74) is 5.76. The molecule has 214 valence electrons. The molecule has 0 bridgehead atoms. The standard InChI is InChI=1S/C30H32N4O7/c1-6-21(4)40-29-26(34(36)37)15-22(16-28(29)38-5)17-31-32-30(35)27-14-13-25(41-27)18-39-24-11-9-23(10-12-24)33-19(2)7-8-20(33)3/h7-17,21H,6,18H2,1-5H3,(H,32,35)/b31-17+/t21-/m1/s1. The van der Waals surface area contributed by atoms with Gasteiger partial charge in [0, 0.05) is 28.7 Å². The quantitative estimate of drug-likeness (QED) is 0.125. The van der Waals surface area contributed by atoms with Gasteiger partial charge in [0.2, 0.25) is 5.75 Å². The van der Waals surface area contributed by atoms with Gasteiger partial charge >= 0.3 is 11.6 Å². The first-order chi connectivity index (χ1) is 19.7. The van der Waals surface area contributed by atoms with Crippen LogP contribution in [-0.4, -0.2) is 34.8 Å². The fraction of sp³-hybridized carbons (Fsp3) is 0.267. The molecule has 0 aliphatic heterocycles. The van der Waals surface area contributed by atoms with Crippen molar-refractivity contribution in [3.05, 3.63) is 99.2 Å². The Morgan fingerprint density at radius 3 is 2.46 bits per heavy atom. The number of rotatable bonds is 12. The molecule has 41 heavy (non-hydrogen) atoms. The van der Waals surface area contributed by atoms with Crippen LogP contribution in [0.4, 0.5) is 5.69 Å². The molecule has 1 N–H and O–H groups in total. The van der Waals surface area contributed by atoms with E-state index < -0.39 is 10.8 Å². The van der Waals surface area contributed by atoms with E-state index in [-0.39, 0.29) is 35.7 Å². The van der Waals surface area contributed by atoms with Crippen LogP contribution >= 0.6 is 0 Å². The zero-order valence-electron chi connectivity index (χ0n) is 23.5. The van der Waals surface area contributed by atoms with Gasteiger partial charge in [-0.2, -0.15) is 5.10 Å². The van der Waals surface area contributed by atoms with E-state index in [2.05, 4.69) is 41.1 Å². The summed E-state index contributed by atoms with van der Waals surface area (Å²) in [4.78, 5) is 23.6. The molecule has 0 aliphatic carbocycles. The molecule has 0 radical (unpaired) electrons. The van der Waals surface area contributed by atoms with Crippen molar-refractivity contribution in [1.82, 2.24) is 9.99 Å². The number of nitro benzene ring substituents is 1. The highest BCUT2D eigenvalue weighted by Gasteiger charge is 2.23. The number of furan rings is 1. The minimum Gasteiger partial charge on any atom is -0.493 e. The summed E-state index contributed by atoms with van der Waals surface area (Å²) in [6, 6.07) is 17.8. The van der Waals surface area contributed by atoms with Gasteiger partial charge in [-0.05, 0) is 81.8 Å². The van der Waals surface area contributed by atoms with E-state index >= 15 is 0 Å². The highest BCUT2D eigenvalue weighted by Crippen LogP contribution is 2.39. The van der Waals surface area contributed by atoms with Gasteiger partial charge in [0.25, 0.3) is 0 Å². The smallest absolute Gasteiger partial charge is 0.315 e. The number of nitrogens with zero attached hydrogens (tertiary/aromatic N) is 3. The minimum atomic E-state index is -0.590. The molecular weight excluding hydrogens is 528 g/mol. The lowest BCUT2D eigenvalue weighted by molar-refractivity contribution is -0.386. The molecule has 4 aromatic rings. The predicted molar refractivity (Wildman–Crippen MR) is 153 cm³/mol. The average Bonchev–Trinajstić information content (AvgIpc) is 3.58. The second kappa shape index (κ2) is 12.9. The summed E-state index contributed by atoms with van der Waals surface area (Å²) in [7, 11) is 1.39. The number of aromatic nitrogens is 1. The maximum absolute atomic E-state index is 12.5. The molecule has 4 rings (SSSR count). The summed E-state index contributed by atoms with van der Waals surface area (Å²) in [6.45, 7) is 7.96. The Labute approximate surface area is 237 Å². The van der Waals surface area contributed by atoms with Crippen molar-refractivity contribution < 1.29 is 28.3 Å². The van der Waals surface area contributed by atoms with E-state index in [4.69, 9.17) is 18.6 Å². The second-order valence-corrected chi connectivity index (χ2v) is 9.36. The first-order valence-electron chi connectivity index (χ1n) is 13.0. The van der Waals surface area contributed by atoms with Gasteiger partial charge < -0.3 is 23.2 Å². The zero-order valence-corrected chi connectivity index (χ0v) is 23.5. The van der Waals surface area contributed by atoms with Crippen LogP contribution in [0.2, 0.25) is 0 Å². The lowest BCUT2D eigenvalue weighted by atomic mass is 10.1. The van der Waals surface area contributed by atoms with E-state index in [0.29, 0.717) is 23.5 Å². The second-order valence-electron chi connectivity index (χ2n) is 9.36. The van der Waals surface area contributed by atoms with Crippen LogP contribution in [0.25, 0.3) is 5.69 Å². The van der Waals surface area contributed by atoms with Crippen molar-refractivity contribution in [2.75, 3.05) is 7.11 Å². The summed E-state index contributed by atoms with van der Waals surface area (Å²) in [6.07, 6.45) is 1.69. The lowest BCUT2D eigenvalue weighted by Gasteiger charge is -2.15. The molecular formula is C30H32N4O7. The fourth-order valence-corrected chi connectivity index (χ4v) is 4.09. The van der Waals surface area contributed by atoms with Gasteiger partial charge in [0.1, 0.15) is 18.1 Å². The number of hydrogen-bond donors (Lipinski definition) is 1. The molecule has 2 aromatic carbocycles. The Kier molecular flexibility index (Phi) is 9.08. The molecule has 0 fully saturated rings. The van der Waals surface area contributed by atoms with Gasteiger partial charge in [0.05, 0.1) is 24.4 Å². The van der Waals surface area contributed by atoms with Crippen LogP contribution in [0.15, 0.2) is 70.2 Å². The Bertz CT molecular complexity index is 1530. The van der Waals surface area contributed by atoms with Crippen LogP contribution in [-0.2, 0) is 6.61 Å². The maximum atomic E-state index is 12.5. The molecule has 2 aromatic heterocycles. The molecule has 0 aliphatic rings. The summed E-state index contributed by atoms with van der Waals surface area (Å²) in [5, 5.41) is 15.6. The van der Waals surface area contributed by atoms with Crippen molar-refractivity contribution in [3.8, 4) is 22.9 Å². The third-order valence-electron chi connectivity index (χ3n) is 6.38. The molecule has 11 heteroatoms. The van der Waals surface area contributed by atoms with Crippen LogP contribution in [0.3, 0.4) is 0 Å². The minimum absolute atomic E-state index is 0.0375. The number of benzene rings is 2. The highest BCUT2D eigenvalue weighted by atomic mass is 16.6. The molecule has 0 unspecified atom stereocenters. The number of hydrazone groups is 1. The van der Waals surface area contributed by atoms with Gasteiger partial charge in [0.15, 0.2) is 11.5 Å².